The highest BCUT2D eigenvalue weighted by Gasteiger charge is 2.26. The number of methoxy groups -OCH3 is 1. The van der Waals surface area contributed by atoms with Gasteiger partial charge in [-0.2, -0.15) is 0 Å². The van der Waals surface area contributed by atoms with Gasteiger partial charge in [-0.25, -0.2) is 0 Å². The maximum atomic E-state index is 12.7. The maximum absolute atomic E-state index is 12.7. The minimum absolute atomic E-state index is 0.0441. The first-order valence-corrected chi connectivity index (χ1v) is 11.3. The molecule has 1 atom stereocenters. The second-order valence-electron chi connectivity index (χ2n) is 7.96. The molecule has 4 rings (SSSR count). The third-order valence-corrected chi connectivity index (χ3v) is 6.03. The molecule has 1 saturated heterocycles. The Hall–Kier alpha value is -3.12. The summed E-state index contributed by atoms with van der Waals surface area (Å²) in [6, 6.07) is 19.4. The summed E-state index contributed by atoms with van der Waals surface area (Å²) in [6.07, 6.45) is 2.64. The van der Waals surface area contributed by atoms with Gasteiger partial charge < -0.3 is 15.0 Å². The van der Waals surface area contributed by atoms with E-state index in [4.69, 9.17) is 16.3 Å². The molecule has 1 aliphatic rings. The van der Waals surface area contributed by atoms with E-state index in [1.165, 1.54) is 5.56 Å². The standard InChI is InChI=1S/C25H27ClN4O2/c1-32-22-10-4-18(5-11-22)14-15-27-25(31)20-3-2-16-30(17-20)24-13-12-23(28-29-24)19-6-8-21(26)9-7-19/h4-13,20H,2-3,14-17H2,1H3,(H,27,31). The lowest BCUT2D eigenvalue weighted by atomic mass is 9.97. The molecule has 32 heavy (non-hydrogen) atoms. The van der Waals surface area contributed by atoms with Crippen LogP contribution in [0.4, 0.5) is 5.82 Å². The molecule has 0 spiro atoms. The van der Waals surface area contributed by atoms with Gasteiger partial charge in [-0.15, -0.1) is 10.2 Å². The van der Waals surface area contributed by atoms with Crippen molar-refractivity contribution in [1.82, 2.24) is 15.5 Å². The summed E-state index contributed by atoms with van der Waals surface area (Å²) in [5.41, 5.74) is 2.95. The Kier molecular flexibility index (Phi) is 7.22. The van der Waals surface area contributed by atoms with Crippen LogP contribution in [-0.4, -0.2) is 42.8 Å². The number of ether oxygens (including phenoxy) is 1. The Morgan fingerprint density at radius 3 is 2.56 bits per heavy atom. The number of carbonyl (C=O) groups excluding carboxylic acids is 1. The van der Waals surface area contributed by atoms with Crippen LogP contribution in [0, 0.1) is 5.92 Å². The van der Waals surface area contributed by atoms with E-state index in [9.17, 15) is 4.79 Å². The molecule has 2 aromatic carbocycles. The molecular weight excluding hydrogens is 424 g/mol. The molecule has 1 aromatic heterocycles. The number of nitrogens with one attached hydrogen (secondary N) is 1. The molecule has 3 aromatic rings. The number of hydrogen-bond acceptors (Lipinski definition) is 5. The minimum atomic E-state index is -0.0441. The Morgan fingerprint density at radius 1 is 1.09 bits per heavy atom. The van der Waals surface area contributed by atoms with Crippen molar-refractivity contribution in [2.75, 3.05) is 31.6 Å². The van der Waals surface area contributed by atoms with E-state index in [1.54, 1.807) is 7.11 Å². The number of hydrogen-bond donors (Lipinski definition) is 1. The van der Waals surface area contributed by atoms with Crippen molar-refractivity contribution in [2.45, 2.75) is 19.3 Å². The van der Waals surface area contributed by atoms with Gasteiger partial charge in [0.05, 0.1) is 18.7 Å². The Morgan fingerprint density at radius 2 is 1.88 bits per heavy atom. The minimum Gasteiger partial charge on any atom is -0.497 e. The average molecular weight is 451 g/mol. The van der Waals surface area contributed by atoms with Gasteiger partial charge in [-0.3, -0.25) is 4.79 Å². The highest BCUT2D eigenvalue weighted by molar-refractivity contribution is 6.30. The maximum Gasteiger partial charge on any atom is 0.224 e. The van der Waals surface area contributed by atoms with Crippen LogP contribution in [0.25, 0.3) is 11.3 Å². The molecule has 7 heteroatoms. The van der Waals surface area contributed by atoms with Crippen molar-refractivity contribution in [1.29, 1.82) is 0 Å². The molecule has 1 fully saturated rings. The quantitative estimate of drug-likeness (QED) is 0.578. The monoisotopic (exact) mass is 450 g/mol. The third-order valence-electron chi connectivity index (χ3n) is 5.78. The van der Waals surface area contributed by atoms with Gasteiger partial charge >= 0.3 is 0 Å². The molecule has 166 valence electrons. The summed E-state index contributed by atoms with van der Waals surface area (Å²) >= 11 is 5.96. The molecule has 1 unspecified atom stereocenters. The molecule has 0 aliphatic carbocycles. The zero-order chi connectivity index (χ0) is 22.3. The summed E-state index contributed by atoms with van der Waals surface area (Å²) in [7, 11) is 1.66. The first kappa shape index (κ1) is 22.1. The Bertz CT molecular complexity index is 1020. The number of carbonyl (C=O) groups is 1. The normalized spacial score (nSPS) is 15.9. The number of nitrogens with zero attached hydrogens (tertiary/aromatic N) is 3. The molecular formula is C25H27ClN4O2. The fourth-order valence-electron chi connectivity index (χ4n) is 3.93. The van der Waals surface area contributed by atoms with Crippen molar-refractivity contribution < 1.29 is 9.53 Å². The van der Waals surface area contributed by atoms with Crippen molar-refractivity contribution >= 4 is 23.3 Å². The number of aromatic nitrogens is 2. The number of benzene rings is 2. The number of rotatable bonds is 7. The van der Waals surface area contributed by atoms with Crippen molar-refractivity contribution in [2.24, 2.45) is 5.92 Å². The van der Waals surface area contributed by atoms with Crippen LogP contribution in [0.5, 0.6) is 5.75 Å². The largest absolute Gasteiger partial charge is 0.497 e. The molecule has 0 radical (unpaired) electrons. The van der Waals surface area contributed by atoms with E-state index in [-0.39, 0.29) is 11.8 Å². The zero-order valence-electron chi connectivity index (χ0n) is 18.1. The molecule has 1 aliphatic heterocycles. The zero-order valence-corrected chi connectivity index (χ0v) is 18.9. The molecule has 1 N–H and O–H groups in total. The van der Waals surface area contributed by atoms with Crippen LogP contribution in [0.15, 0.2) is 60.7 Å². The third kappa shape index (κ3) is 5.56. The topological polar surface area (TPSA) is 67.3 Å². The van der Waals surface area contributed by atoms with Gasteiger partial charge in [-0.05, 0) is 61.2 Å². The average Bonchev–Trinajstić information content (AvgIpc) is 2.85. The van der Waals surface area contributed by atoms with Gasteiger partial charge in [0.25, 0.3) is 0 Å². The molecule has 0 bridgehead atoms. The van der Waals surface area contributed by atoms with Crippen LogP contribution in [-0.2, 0) is 11.2 Å². The number of amides is 1. The highest BCUT2D eigenvalue weighted by atomic mass is 35.5. The summed E-state index contributed by atoms with van der Waals surface area (Å²) in [5.74, 6) is 1.70. The highest BCUT2D eigenvalue weighted by Crippen LogP contribution is 2.24. The second-order valence-corrected chi connectivity index (χ2v) is 8.39. The van der Waals surface area contributed by atoms with Gasteiger partial charge in [0.15, 0.2) is 5.82 Å². The van der Waals surface area contributed by atoms with Crippen LogP contribution in [0.3, 0.4) is 0 Å². The Balaban J connectivity index is 1.30. The Labute approximate surface area is 193 Å². The van der Waals surface area contributed by atoms with E-state index >= 15 is 0 Å². The van der Waals surface area contributed by atoms with Gasteiger partial charge in [0.2, 0.25) is 5.91 Å². The molecule has 2 heterocycles. The molecule has 0 saturated carbocycles. The van der Waals surface area contributed by atoms with Crippen molar-refractivity contribution in [3.05, 3.63) is 71.2 Å². The van der Waals surface area contributed by atoms with Gasteiger partial charge in [0, 0.05) is 30.2 Å². The summed E-state index contributed by atoms with van der Waals surface area (Å²) in [4.78, 5) is 14.9. The van der Waals surface area contributed by atoms with E-state index in [1.807, 2.05) is 60.7 Å². The van der Waals surface area contributed by atoms with Crippen LogP contribution in [0.2, 0.25) is 5.02 Å². The lowest BCUT2D eigenvalue weighted by Gasteiger charge is -2.32. The number of piperidine rings is 1. The smallest absolute Gasteiger partial charge is 0.224 e. The van der Waals surface area contributed by atoms with Gasteiger partial charge in [0.1, 0.15) is 5.75 Å². The number of halogens is 1. The predicted molar refractivity (Wildman–Crippen MR) is 127 cm³/mol. The second kappa shape index (κ2) is 10.5. The lowest BCUT2D eigenvalue weighted by molar-refractivity contribution is -0.125. The first-order valence-electron chi connectivity index (χ1n) is 10.9. The van der Waals surface area contributed by atoms with E-state index < -0.39 is 0 Å². The first-order chi connectivity index (χ1) is 15.6. The van der Waals surface area contributed by atoms with E-state index in [2.05, 4.69) is 20.4 Å². The number of anilines is 1. The summed E-state index contributed by atoms with van der Waals surface area (Å²) in [6.45, 7) is 2.16. The summed E-state index contributed by atoms with van der Waals surface area (Å²) in [5, 5.41) is 12.6. The lowest BCUT2D eigenvalue weighted by Crippen LogP contribution is -2.43. The summed E-state index contributed by atoms with van der Waals surface area (Å²) < 4.78 is 5.18. The van der Waals surface area contributed by atoms with Crippen LogP contribution >= 0.6 is 11.6 Å². The van der Waals surface area contributed by atoms with Crippen molar-refractivity contribution in [3.8, 4) is 17.0 Å². The molecule has 1 amide bonds. The fraction of sp³-hybridized carbons (Fsp3) is 0.320. The van der Waals surface area contributed by atoms with Gasteiger partial charge in [-0.1, -0.05) is 35.9 Å². The van der Waals surface area contributed by atoms with Crippen LogP contribution < -0.4 is 15.0 Å². The van der Waals surface area contributed by atoms with E-state index in [0.717, 1.165) is 48.6 Å². The molecule has 6 nitrogen and oxygen atoms in total. The van der Waals surface area contributed by atoms with E-state index in [0.29, 0.717) is 18.1 Å². The predicted octanol–water partition coefficient (Wildman–Crippen LogP) is 4.38. The van der Waals surface area contributed by atoms with Crippen molar-refractivity contribution in [3.63, 3.8) is 0 Å². The SMILES string of the molecule is COc1ccc(CCNC(=O)C2CCCN(c3ccc(-c4ccc(Cl)cc4)nn3)C2)cc1. The fourth-order valence-corrected chi connectivity index (χ4v) is 4.06. The van der Waals surface area contributed by atoms with Crippen LogP contribution in [0.1, 0.15) is 18.4 Å².